The summed E-state index contributed by atoms with van der Waals surface area (Å²) in [5, 5.41) is 0. The van der Waals surface area contributed by atoms with Crippen LogP contribution in [0.4, 0.5) is 5.69 Å². The Morgan fingerprint density at radius 2 is 1.57 bits per heavy atom. The first-order valence-electron chi connectivity index (χ1n) is 7.14. The van der Waals surface area contributed by atoms with E-state index in [1.54, 1.807) is 24.3 Å². The second-order valence-corrected chi connectivity index (χ2v) is 7.08. The summed E-state index contributed by atoms with van der Waals surface area (Å²) in [5.74, 6) is -0.130. The maximum absolute atomic E-state index is 12.4. The first-order valence-corrected chi connectivity index (χ1v) is 8.63. The molecule has 5 nitrogen and oxygen atoms in total. The lowest BCUT2D eigenvalue weighted by molar-refractivity contribution is 0.0601. The summed E-state index contributed by atoms with van der Waals surface area (Å²) in [6.45, 7) is 4.09. The van der Waals surface area contributed by atoms with Gasteiger partial charge in [0.05, 0.1) is 17.6 Å². The van der Waals surface area contributed by atoms with Gasteiger partial charge < -0.3 is 4.74 Å². The van der Waals surface area contributed by atoms with Crippen LogP contribution in [0.15, 0.2) is 53.4 Å². The van der Waals surface area contributed by atoms with E-state index >= 15 is 0 Å². The summed E-state index contributed by atoms with van der Waals surface area (Å²) in [4.78, 5) is 11.6. The summed E-state index contributed by atoms with van der Waals surface area (Å²) in [6, 6.07) is 12.8. The van der Waals surface area contributed by atoms with Gasteiger partial charge in [0.15, 0.2) is 0 Å². The number of hydrogen-bond donors (Lipinski definition) is 1. The normalized spacial score (nSPS) is 11.3. The Bertz CT molecular complexity index is 778. The lowest BCUT2D eigenvalue weighted by Crippen LogP contribution is -2.13. The third-order valence-corrected chi connectivity index (χ3v) is 4.81. The molecule has 122 valence electrons. The van der Waals surface area contributed by atoms with Gasteiger partial charge in [-0.05, 0) is 47.9 Å². The van der Waals surface area contributed by atoms with Crippen molar-refractivity contribution in [2.24, 2.45) is 0 Å². The van der Waals surface area contributed by atoms with E-state index in [4.69, 9.17) is 0 Å². The molecule has 0 aliphatic rings. The maximum atomic E-state index is 12.4. The van der Waals surface area contributed by atoms with E-state index in [9.17, 15) is 13.2 Å². The molecule has 2 aromatic rings. The number of rotatable bonds is 5. The van der Waals surface area contributed by atoms with Crippen LogP contribution < -0.4 is 4.72 Å². The standard InChI is InChI=1S/C17H19NO4S/c1-12(2)13-6-10-16(11-7-13)23(20,21)18-15-8-4-14(5-9-15)17(19)22-3/h4-12,18H,1-3H3. The molecule has 0 aromatic heterocycles. The molecule has 2 rings (SSSR count). The molecule has 1 N–H and O–H groups in total. The molecule has 0 saturated heterocycles. The zero-order chi connectivity index (χ0) is 17.0. The number of hydrogen-bond acceptors (Lipinski definition) is 4. The predicted molar refractivity (Wildman–Crippen MR) is 89.1 cm³/mol. The van der Waals surface area contributed by atoms with Crippen LogP contribution in [-0.2, 0) is 14.8 Å². The first-order chi connectivity index (χ1) is 10.8. The van der Waals surface area contributed by atoms with Gasteiger partial charge in [0, 0.05) is 5.69 Å². The fourth-order valence-electron chi connectivity index (χ4n) is 2.04. The highest BCUT2D eigenvalue weighted by atomic mass is 32.2. The fraction of sp³-hybridized carbons (Fsp3) is 0.235. The molecule has 0 unspecified atom stereocenters. The van der Waals surface area contributed by atoms with Crippen molar-refractivity contribution in [3.63, 3.8) is 0 Å². The van der Waals surface area contributed by atoms with Crippen molar-refractivity contribution >= 4 is 21.7 Å². The molecule has 23 heavy (non-hydrogen) atoms. The van der Waals surface area contributed by atoms with Gasteiger partial charge in [-0.2, -0.15) is 0 Å². The zero-order valence-electron chi connectivity index (χ0n) is 13.2. The Labute approximate surface area is 136 Å². The molecule has 0 amide bonds. The minimum atomic E-state index is -3.66. The van der Waals surface area contributed by atoms with E-state index in [0.717, 1.165) is 5.56 Å². The van der Waals surface area contributed by atoms with E-state index in [1.807, 2.05) is 13.8 Å². The molecule has 6 heteroatoms. The minimum Gasteiger partial charge on any atom is -0.465 e. The van der Waals surface area contributed by atoms with E-state index in [2.05, 4.69) is 9.46 Å². The van der Waals surface area contributed by atoms with Crippen LogP contribution in [0, 0.1) is 0 Å². The molecule has 0 saturated carbocycles. The summed E-state index contributed by atoms with van der Waals surface area (Å²) in [6.07, 6.45) is 0. The van der Waals surface area contributed by atoms with Crippen LogP contribution in [0.3, 0.4) is 0 Å². The third kappa shape index (κ3) is 4.10. The van der Waals surface area contributed by atoms with Crippen LogP contribution in [0.5, 0.6) is 0 Å². The second-order valence-electron chi connectivity index (χ2n) is 5.40. The van der Waals surface area contributed by atoms with Crippen LogP contribution >= 0.6 is 0 Å². The number of nitrogens with one attached hydrogen (secondary N) is 1. The zero-order valence-corrected chi connectivity index (χ0v) is 14.1. The fourth-order valence-corrected chi connectivity index (χ4v) is 3.10. The quantitative estimate of drug-likeness (QED) is 0.851. The number of carbonyl (C=O) groups is 1. The van der Waals surface area contributed by atoms with E-state index in [0.29, 0.717) is 17.2 Å². The first kappa shape index (κ1) is 17.0. The summed E-state index contributed by atoms with van der Waals surface area (Å²) >= 11 is 0. The van der Waals surface area contributed by atoms with Crippen molar-refractivity contribution in [1.29, 1.82) is 0 Å². The van der Waals surface area contributed by atoms with Gasteiger partial charge in [0.25, 0.3) is 10.0 Å². The Morgan fingerprint density at radius 3 is 2.04 bits per heavy atom. The second kappa shape index (κ2) is 6.83. The third-order valence-electron chi connectivity index (χ3n) is 3.42. The van der Waals surface area contributed by atoms with E-state index < -0.39 is 16.0 Å². The van der Waals surface area contributed by atoms with Crippen molar-refractivity contribution in [2.45, 2.75) is 24.7 Å². The number of ether oxygens (including phenoxy) is 1. The van der Waals surface area contributed by atoms with E-state index in [-0.39, 0.29) is 4.90 Å². The highest BCUT2D eigenvalue weighted by Crippen LogP contribution is 2.20. The minimum absolute atomic E-state index is 0.193. The highest BCUT2D eigenvalue weighted by Gasteiger charge is 2.15. The molecule has 0 bridgehead atoms. The predicted octanol–water partition coefficient (Wildman–Crippen LogP) is 3.40. The van der Waals surface area contributed by atoms with Crippen molar-refractivity contribution in [3.05, 3.63) is 59.7 Å². The van der Waals surface area contributed by atoms with Crippen molar-refractivity contribution < 1.29 is 17.9 Å². The number of methoxy groups -OCH3 is 1. The Hall–Kier alpha value is -2.34. The summed E-state index contributed by atoms with van der Waals surface area (Å²) in [7, 11) is -2.37. The van der Waals surface area contributed by atoms with Crippen LogP contribution in [0.1, 0.15) is 35.7 Å². The van der Waals surface area contributed by atoms with Gasteiger partial charge in [-0.3, -0.25) is 4.72 Å². The maximum Gasteiger partial charge on any atom is 0.337 e. The lowest BCUT2D eigenvalue weighted by atomic mass is 10.0. The Balaban J connectivity index is 2.19. The molecule has 0 fully saturated rings. The Morgan fingerprint density at radius 1 is 1.00 bits per heavy atom. The van der Waals surface area contributed by atoms with Gasteiger partial charge in [0.1, 0.15) is 0 Å². The highest BCUT2D eigenvalue weighted by molar-refractivity contribution is 7.92. The molecular formula is C17H19NO4S. The SMILES string of the molecule is COC(=O)c1ccc(NS(=O)(=O)c2ccc(C(C)C)cc2)cc1. The number of anilines is 1. The Kier molecular flexibility index (Phi) is 5.05. The van der Waals surface area contributed by atoms with Gasteiger partial charge in [0.2, 0.25) is 0 Å². The largest absolute Gasteiger partial charge is 0.465 e. The number of carbonyl (C=O) groups excluding carboxylic acids is 1. The number of sulfonamides is 1. The topological polar surface area (TPSA) is 72.5 Å². The van der Waals surface area contributed by atoms with Crippen molar-refractivity contribution in [2.75, 3.05) is 11.8 Å². The van der Waals surface area contributed by atoms with Gasteiger partial charge in [-0.25, -0.2) is 13.2 Å². The van der Waals surface area contributed by atoms with Crippen LogP contribution in [0.25, 0.3) is 0 Å². The molecular weight excluding hydrogens is 314 g/mol. The van der Waals surface area contributed by atoms with Crippen LogP contribution in [-0.4, -0.2) is 21.5 Å². The lowest BCUT2D eigenvalue weighted by Gasteiger charge is -2.10. The van der Waals surface area contributed by atoms with Crippen LogP contribution in [0.2, 0.25) is 0 Å². The molecule has 0 spiro atoms. The van der Waals surface area contributed by atoms with Gasteiger partial charge in [-0.15, -0.1) is 0 Å². The molecule has 0 radical (unpaired) electrons. The van der Waals surface area contributed by atoms with Crippen molar-refractivity contribution in [1.82, 2.24) is 0 Å². The summed E-state index contributed by atoms with van der Waals surface area (Å²) in [5.41, 5.74) is 1.81. The smallest absolute Gasteiger partial charge is 0.337 e. The van der Waals surface area contributed by atoms with Crippen molar-refractivity contribution in [3.8, 4) is 0 Å². The average molecular weight is 333 g/mol. The number of esters is 1. The average Bonchev–Trinajstić information content (AvgIpc) is 2.54. The molecule has 0 aliphatic carbocycles. The monoisotopic (exact) mass is 333 g/mol. The summed E-state index contributed by atoms with van der Waals surface area (Å²) < 4.78 is 31.8. The molecule has 0 heterocycles. The van der Waals surface area contributed by atoms with Gasteiger partial charge in [-0.1, -0.05) is 26.0 Å². The van der Waals surface area contributed by atoms with E-state index in [1.165, 1.54) is 31.4 Å². The molecule has 0 atom stereocenters. The molecule has 2 aromatic carbocycles. The molecule has 0 aliphatic heterocycles. The number of benzene rings is 2. The van der Waals surface area contributed by atoms with Gasteiger partial charge >= 0.3 is 5.97 Å².